The van der Waals surface area contributed by atoms with Gasteiger partial charge in [0.2, 0.25) is 23.1 Å². The highest BCUT2D eigenvalue weighted by Crippen LogP contribution is 2.48. The largest absolute Gasteiger partial charge is 0.416 e. The van der Waals surface area contributed by atoms with Crippen LogP contribution in [0, 0.1) is 5.41 Å². The third-order valence-corrected chi connectivity index (χ3v) is 11.2. The fraction of sp³-hybridized carbons (Fsp3) is 0.707. The van der Waals surface area contributed by atoms with Gasteiger partial charge in [0.25, 0.3) is 29.6 Å². The zero-order valence-corrected chi connectivity index (χ0v) is 37.7. The summed E-state index contributed by atoms with van der Waals surface area (Å²) in [4.78, 5) is 112. The molecule has 0 radical (unpaired) electrons. The lowest BCUT2D eigenvalue weighted by atomic mass is 9.66. The van der Waals surface area contributed by atoms with Crippen LogP contribution in [0.25, 0.3) is 0 Å². The maximum Gasteiger partial charge on any atom is 0.416 e. The number of ether oxygens (including phenoxy) is 1. The molecule has 5 aliphatic rings. The molecule has 24 heteroatoms. The van der Waals surface area contributed by atoms with Crippen molar-refractivity contribution in [2.24, 2.45) is 5.41 Å². The van der Waals surface area contributed by atoms with Gasteiger partial charge in [0.05, 0.1) is 30.9 Å². The fourth-order valence-corrected chi connectivity index (χ4v) is 6.24. The number of carbonyl (C=O) groups is 10. The molecule has 368 valence electrons. The van der Waals surface area contributed by atoms with Gasteiger partial charge in [-0.1, -0.05) is 13.0 Å². The standard InChI is InChI=1S/C10H14F2N2O2.C9H14O3.C8H14N2O2.C7H8F3NO3.C7H11NO3/c1-6(15)8(16)14-9(7(2)13-3)4-10(11,12)5-9;1-7(11)8(12)5-9(6-10)3-2-4-9;1-7(11)8(12)10-5-3-9(2)4-6-10;1-4(12)5(13)11-6(2-14-3-6)7(8,9)10;1-5(10)6(11)8-7(4-9)2-3-7/h13H,2,4-5H2,1,3H3,(H,14,16);10H,2-6H2,1H3;3-6H2,1-2H3;2-3H2,1H3,(H,11,13);9H,2-4H2,1H3,(H,8,11). The van der Waals surface area contributed by atoms with Gasteiger partial charge in [-0.05, 0) is 32.7 Å². The minimum Gasteiger partial charge on any atom is -0.396 e. The van der Waals surface area contributed by atoms with E-state index in [-0.39, 0.29) is 48.2 Å². The van der Waals surface area contributed by atoms with Crippen molar-refractivity contribution in [3.05, 3.63) is 12.3 Å². The van der Waals surface area contributed by atoms with Crippen molar-refractivity contribution in [2.75, 3.05) is 66.7 Å². The molecule has 65 heavy (non-hydrogen) atoms. The van der Waals surface area contributed by atoms with Crippen LogP contribution in [-0.2, 0) is 52.7 Å². The zero-order chi connectivity index (χ0) is 50.4. The molecule has 19 nitrogen and oxygen atoms in total. The molecule has 0 bridgehead atoms. The summed E-state index contributed by atoms with van der Waals surface area (Å²) in [5.74, 6) is -9.15. The number of aliphatic hydroxyl groups excluding tert-OH is 2. The first kappa shape index (κ1) is 57.9. The Morgan fingerprint density at radius 2 is 1.14 bits per heavy atom. The van der Waals surface area contributed by atoms with Crippen LogP contribution in [0.3, 0.4) is 0 Å². The molecule has 0 aromatic rings. The number of alkyl halides is 5. The molecule has 6 N–H and O–H groups in total. The van der Waals surface area contributed by atoms with Gasteiger partial charge in [-0.2, -0.15) is 13.2 Å². The van der Waals surface area contributed by atoms with E-state index in [1.165, 1.54) is 27.8 Å². The summed E-state index contributed by atoms with van der Waals surface area (Å²) in [7, 11) is 3.54. The summed E-state index contributed by atoms with van der Waals surface area (Å²) >= 11 is 0. The maximum atomic E-state index is 12.9. The number of nitrogens with one attached hydrogen (secondary N) is 4. The van der Waals surface area contributed by atoms with Gasteiger partial charge < -0.3 is 46.0 Å². The molecule has 0 aromatic heterocycles. The molecule has 0 atom stereocenters. The Morgan fingerprint density at radius 3 is 1.43 bits per heavy atom. The van der Waals surface area contributed by atoms with E-state index in [1.807, 2.05) is 7.05 Å². The van der Waals surface area contributed by atoms with Crippen molar-refractivity contribution in [1.82, 2.24) is 31.1 Å². The predicted molar refractivity (Wildman–Crippen MR) is 219 cm³/mol. The van der Waals surface area contributed by atoms with Crippen LogP contribution >= 0.6 is 0 Å². The van der Waals surface area contributed by atoms with E-state index in [4.69, 9.17) is 10.2 Å². The Labute approximate surface area is 373 Å². The van der Waals surface area contributed by atoms with Gasteiger partial charge >= 0.3 is 6.18 Å². The van der Waals surface area contributed by atoms with Crippen LogP contribution in [-0.4, -0.2) is 174 Å². The average Bonchev–Trinajstić information content (AvgIpc) is 3.96. The molecule has 2 saturated heterocycles. The highest BCUT2D eigenvalue weighted by molar-refractivity contribution is 6.37. The number of halogens is 5. The zero-order valence-electron chi connectivity index (χ0n) is 37.7. The molecule has 2 heterocycles. The Morgan fingerprint density at radius 1 is 0.677 bits per heavy atom. The van der Waals surface area contributed by atoms with Crippen LogP contribution in [0.4, 0.5) is 22.0 Å². The Kier molecular flexibility index (Phi) is 21.3. The molecule has 0 aromatic carbocycles. The monoisotopic (exact) mass is 940 g/mol. The van der Waals surface area contributed by atoms with Crippen molar-refractivity contribution >= 4 is 58.3 Å². The highest BCUT2D eigenvalue weighted by atomic mass is 19.4. The summed E-state index contributed by atoms with van der Waals surface area (Å²) in [5.41, 5.74) is -4.02. The molecule has 3 aliphatic carbocycles. The quantitative estimate of drug-likeness (QED) is 0.0979. The summed E-state index contributed by atoms with van der Waals surface area (Å²) in [5, 5.41) is 26.8. The van der Waals surface area contributed by atoms with E-state index >= 15 is 0 Å². The van der Waals surface area contributed by atoms with E-state index in [2.05, 4.69) is 32.2 Å². The third-order valence-electron chi connectivity index (χ3n) is 11.2. The lowest BCUT2D eigenvalue weighted by molar-refractivity contribution is -0.265. The van der Waals surface area contributed by atoms with E-state index in [0.717, 1.165) is 59.0 Å². The van der Waals surface area contributed by atoms with E-state index < -0.39 is 95.6 Å². The van der Waals surface area contributed by atoms with Crippen molar-refractivity contribution in [2.45, 2.75) is 115 Å². The van der Waals surface area contributed by atoms with Crippen LogP contribution in [0.5, 0.6) is 0 Å². The second kappa shape index (κ2) is 23.9. The normalized spacial score (nSPS) is 19.8. The summed E-state index contributed by atoms with van der Waals surface area (Å²) in [6.07, 6.45) is -1.07. The van der Waals surface area contributed by atoms with Crippen LogP contribution in [0.15, 0.2) is 12.3 Å². The second-order valence-corrected chi connectivity index (χ2v) is 16.9. The number of Topliss-reactive ketones (excluding diaryl/α,β-unsaturated/α-hetero) is 6. The predicted octanol–water partition coefficient (Wildman–Crippen LogP) is -0.121. The van der Waals surface area contributed by atoms with E-state index in [0.29, 0.717) is 13.1 Å². The number of likely N-dealkylation sites (N-methyl/N-ethyl adjacent to an activating group) is 2. The third kappa shape index (κ3) is 17.3. The van der Waals surface area contributed by atoms with Crippen molar-refractivity contribution in [1.29, 1.82) is 0 Å². The number of hydrogen-bond donors (Lipinski definition) is 6. The molecular weight excluding hydrogens is 879 g/mol. The molecular formula is C41H61F5N6O13. The Hall–Kier alpha value is -5.07. The Balaban J connectivity index is 0.000000409. The number of amides is 4. The summed E-state index contributed by atoms with van der Waals surface area (Å²) in [6.45, 7) is 11.1. The topological polar surface area (TPSA) is 275 Å². The van der Waals surface area contributed by atoms with Crippen LogP contribution in [0.2, 0.25) is 0 Å². The Bertz CT molecular complexity index is 1810. The first-order valence-electron chi connectivity index (χ1n) is 20.4. The second-order valence-electron chi connectivity index (χ2n) is 16.9. The minimum atomic E-state index is -4.60. The number of nitrogens with zero attached hydrogens (tertiary/aromatic N) is 2. The molecule has 5 fully saturated rings. The van der Waals surface area contributed by atoms with Gasteiger partial charge in [0, 0.05) is 105 Å². The van der Waals surface area contributed by atoms with Gasteiger partial charge in [-0.15, -0.1) is 0 Å². The molecule has 0 spiro atoms. The van der Waals surface area contributed by atoms with Gasteiger partial charge in [0.1, 0.15) is 0 Å². The number of carbonyl (C=O) groups excluding carboxylic acids is 10. The molecule has 3 saturated carbocycles. The van der Waals surface area contributed by atoms with Crippen LogP contribution < -0.4 is 21.3 Å². The lowest BCUT2D eigenvalue weighted by Crippen LogP contribution is -2.71. The van der Waals surface area contributed by atoms with Crippen molar-refractivity contribution < 1.29 is 84.8 Å². The fourth-order valence-electron chi connectivity index (χ4n) is 6.24. The number of ketones is 6. The molecule has 2 aliphatic heterocycles. The highest BCUT2D eigenvalue weighted by Gasteiger charge is 2.61. The molecule has 0 unspecified atom stereocenters. The maximum absolute atomic E-state index is 12.9. The van der Waals surface area contributed by atoms with E-state index in [1.54, 1.807) is 10.2 Å². The summed E-state index contributed by atoms with van der Waals surface area (Å²) < 4.78 is 67.3. The number of piperazine rings is 1. The average molecular weight is 941 g/mol. The van der Waals surface area contributed by atoms with Crippen molar-refractivity contribution in [3.8, 4) is 0 Å². The lowest BCUT2D eigenvalue weighted by Gasteiger charge is -2.48. The molecule has 5 rings (SSSR count). The SMILES string of the molecule is C=C(NC)C1(NC(=O)C(C)=O)CC(F)(F)C1.CC(=O)C(=O)CC1(CO)CCC1.CC(=O)C(=O)N1CCN(C)CC1.CC(=O)C(=O)NC1(C(F)(F)F)COC1.CC(=O)C(=O)NC1(CO)CC1. The summed E-state index contributed by atoms with van der Waals surface area (Å²) in [6, 6.07) is 0. The van der Waals surface area contributed by atoms with Gasteiger partial charge in [-0.25, -0.2) is 8.78 Å². The van der Waals surface area contributed by atoms with E-state index in [9.17, 15) is 69.9 Å². The molecule has 4 amide bonds. The first-order valence-corrected chi connectivity index (χ1v) is 20.4. The number of hydrogen-bond acceptors (Lipinski definition) is 15. The smallest absolute Gasteiger partial charge is 0.396 e. The van der Waals surface area contributed by atoms with Crippen molar-refractivity contribution in [3.63, 3.8) is 0 Å². The number of rotatable bonds is 14. The first-order chi connectivity index (χ1) is 29.8. The van der Waals surface area contributed by atoms with Gasteiger partial charge in [-0.3, -0.25) is 47.9 Å². The minimum absolute atomic E-state index is 0.0337. The van der Waals surface area contributed by atoms with Gasteiger partial charge in [0.15, 0.2) is 17.1 Å². The van der Waals surface area contributed by atoms with Crippen LogP contribution in [0.1, 0.15) is 86.0 Å². The number of aliphatic hydroxyl groups is 2.